The van der Waals surface area contributed by atoms with Gasteiger partial charge in [0.05, 0.1) is 0 Å². The van der Waals surface area contributed by atoms with Crippen LogP contribution in [0.5, 0.6) is 0 Å². The van der Waals surface area contributed by atoms with Gasteiger partial charge in [0.15, 0.2) is 0 Å². The highest BCUT2D eigenvalue weighted by Crippen LogP contribution is 2.08. The molecule has 0 saturated carbocycles. The van der Waals surface area contributed by atoms with E-state index in [1.165, 1.54) is 0 Å². The largest absolute Gasteiger partial charge is 0.335 e. The molecule has 0 spiro atoms. The minimum atomic E-state index is 0.0166. The Labute approximate surface area is 109 Å². The quantitative estimate of drug-likeness (QED) is 0.693. The molecule has 0 bridgehead atoms. The zero-order valence-corrected chi connectivity index (χ0v) is 11.8. The monoisotopic (exact) mass is 253 g/mol. The summed E-state index contributed by atoms with van der Waals surface area (Å²) in [6, 6.07) is 0.0166. The highest BCUT2D eigenvalue weighted by molar-refractivity contribution is 5.93. The van der Waals surface area contributed by atoms with Crippen molar-refractivity contribution < 1.29 is 9.59 Å². The van der Waals surface area contributed by atoms with E-state index in [0.29, 0.717) is 26.2 Å². The number of carbonyl (C=O) groups excluding carboxylic acids is 2. The molecule has 5 nitrogen and oxygen atoms in total. The second-order valence-corrected chi connectivity index (χ2v) is 4.75. The molecule has 0 aromatic carbocycles. The molecule has 0 aromatic heterocycles. The summed E-state index contributed by atoms with van der Waals surface area (Å²) in [4.78, 5) is 29.0. The van der Waals surface area contributed by atoms with Gasteiger partial charge in [-0.3, -0.25) is 4.79 Å². The average molecular weight is 253 g/mol. The van der Waals surface area contributed by atoms with E-state index >= 15 is 0 Å². The molecule has 1 saturated heterocycles. The summed E-state index contributed by atoms with van der Waals surface area (Å²) in [6.45, 7) is 6.33. The number of hydrogen-bond donors (Lipinski definition) is 0. The summed E-state index contributed by atoms with van der Waals surface area (Å²) in [7, 11) is 3.49. The van der Waals surface area contributed by atoms with Gasteiger partial charge >= 0.3 is 6.03 Å². The van der Waals surface area contributed by atoms with Crippen LogP contribution in [0.1, 0.15) is 20.3 Å². The summed E-state index contributed by atoms with van der Waals surface area (Å²) in [5.41, 5.74) is 0.796. The van der Waals surface area contributed by atoms with Gasteiger partial charge in [0.2, 0.25) is 5.91 Å². The predicted molar refractivity (Wildman–Crippen MR) is 71.3 cm³/mol. The number of rotatable bonds is 2. The van der Waals surface area contributed by atoms with E-state index in [1.807, 2.05) is 24.8 Å². The average Bonchev–Trinajstić information content (AvgIpc) is 2.37. The molecule has 5 heteroatoms. The Morgan fingerprint density at radius 1 is 1.11 bits per heavy atom. The molecule has 1 aliphatic heterocycles. The minimum Gasteiger partial charge on any atom is -0.335 e. The van der Waals surface area contributed by atoms with Crippen LogP contribution in [0.15, 0.2) is 11.6 Å². The molecule has 1 heterocycles. The summed E-state index contributed by atoms with van der Waals surface area (Å²) < 4.78 is 0. The number of nitrogens with zero attached hydrogens (tertiary/aromatic N) is 3. The zero-order valence-electron chi connectivity index (χ0n) is 11.8. The molecular weight excluding hydrogens is 230 g/mol. The van der Waals surface area contributed by atoms with Gasteiger partial charge in [-0.25, -0.2) is 4.79 Å². The first-order valence-corrected chi connectivity index (χ1v) is 6.39. The smallest absolute Gasteiger partial charge is 0.319 e. The summed E-state index contributed by atoms with van der Waals surface area (Å²) in [6.07, 6.45) is 2.82. The van der Waals surface area contributed by atoms with Crippen molar-refractivity contribution in [2.45, 2.75) is 20.3 Å². The molecule has 1 aliphatic rings. The van der Waals surface area contributed by atoms with E-state index in [4.69, 9.17) is 0 Å². The Morgan fingerprint density at radius 2 is 1.61 bits per heavy atom. The predicted octanol–water partition coefficient (Wildman–Crippen LogP) is 1.17. The van der Waals surface area contributed by atoms with Crippen molar-refractivity contribution in [3.05, 3.63) is 11.6 Å². The Morgan fingerprint density at radius 3 is 2.06 bits per heavy atom. The van der Waals surface area contributed by atoms with Gasteiger partial charge in [-0.15, -0.1) is 0 Å². The van der Waals surface area contributed by atoms with Crippen molar-refractivity contribution in [1.82, 2.24) is 14.7 Å². The summed E-state index contributed by atoms with van der Waals surface area (Å²) in [5, 5.41) is 0. The fourth-order valence-electron chi connectivity index (χ4n) is 2.03. The van der Waals surface area contributed by atoms with Gasteiger partial charge in [-0.1, -0.05) is 13.0 Å². The third kappa shape index (κ3) is 3.48. The molecule has 1 rings (SSSR count). The van der Waals surface area contributed by atoms with Crippen LogP contribution in [-0.2, 0) is 4.79 Å². The van der Waals surface area contributed by atoms with Crippen molar-refractivity contribution in [3.8, 4) is 0 Å². The van der Waals surface area contributed by atoms with Gasteiger partial charge < -0.3 is 14.7 Å². The van der Waals surface area contributed by atoms with E-state index in [-0.39, 0.29) is 11.9 Å². The molecule has 0 unspecified atom stereocenters. The lowest BCUT2D eigenvalue weighted by atomic mass is 10.2. The molecule has 0 N–H and O–H groups in total. The maximum Gasteiger partial charge on any atom is 0.319 e. The van der Waals surface area contributed by atoms with E-state index in [2.05, 4.69) is 0 Å². The lowest BCUT2D eigenvalue weighted by molar-refractivity contribution is -0.128. The van der Waals surface area contributed by atoms with Crippen LogP contribution >= 0.6 is 0 Å². The van der Waals surface area contributed by atoms with E-state index in [1.54, 1.807) is 23.9 Å². The first kappa shape index (κ1) is 14.5. The van der Waals surface area contributed by atoms with Crippen LogP contribution in [0.2, 0.25) is 0 Å². The van der Waals surface area contributed by atoms with Gasteiger partial charge in [0.25, 0.3) is 0 Å². The molecule has 1 fully saturated rings. The van der Waals surface area contributed by atoms with Crippen LogP contribution in [0.3, 0.4) is 0 Å². The van der Waals surface area contributed by atoms with Crippen molar-refractivity contribution in [1.29, 1.82) is 0 Å². The highest BCUT2D eigenvalue weighted by Gasteiger charge is 2.25. The normalized spacial score (nSPS) is 16.8. The second kappa shape index (κ2) is 6.42. The minimum absolute atomic E-state index is 0.0166. The molecule has 0 radical (unpaired) electrons. The van der Waals surface area contributed by atoms with Gasteiger partial charge in [-0.05, 0) is 13.3 Å². The first-order valence-electron chi connectivity index (χ1n) is 6.39. The van der Waals surface area contributed by atoms with Gasteiger partial charge in [0.1, 0.15) is 0 Å². The van der Waals surface area contributed by atoms with Crippen LogP contribution in [0.4, 0.5) is 4.79 Å². The maximum absolute atomic E-state index is 12.0. The van der Waals surface area contributed by atoms with Crippen LogP contribution in [-0.4, -0.2) is 66.9 Å². The number of piperazine rings is 1. The topological polar surface area (TPSA) is 43.9 Å². The van der Waals surface area contributed by atoms with Gasteiger partial charge in [-0.2, -0.15) is 0 Å². The fraction of sp³-hybridized carbons (Fsp3) is 0.692. The highest BCUT2D eigenvalue weighted by atomic mass is 16.2. The molecule has 0 atom stereocenters. The standard InChI is InChI=1S/C13H23N3O2/c1-5-6-11(2)12(17)15-7-9-16(10-8-15)13(18)14(3)4/h6H,5,7-10H2,1-4H3/b11-6+. The van der Waals surface area contributed by atoms with Crippen molar-refractivity contribution in [3.63, 3.8) is 0 Å². The molecule has 102 valence electrons. The summed E-state index contributed by atoms with van der Waals surface area (Å²) in [5.74, 6) is 0.0915. The SMILES string of the molecule is CC/C=C(\C)C(=O)N1CCN(C(=O)N(C)C)CC1. The number of urea groups is 1. The van der Waals surface area contributed by atoms with E-state index < -0.39 is 0 Å². The van der Waals surface area contributed by atoms with Crippen LogP contribution < -0.4 is 0 Å². The summed E-state index contributed by atoms with van der Waals surface area (Å²) >= 11 is 0. The van der Waals surface area contributed by atoms with Crippen LogP contribution in [0.25, 0.3) is 0 Å². The van der Waals surface area contributed by atoms with Crippen molar-refractivity contribution >= 4 is 11.9 Å². The third-order valence-corrected chi connectivity index (χ3v) is 3.07. The lowest BCUT2D eigenvalue weighted by Gasteiger charge is -2.36. The number of amides is 3. The molecule has 3 amide bonds. The number of carbonyl (C=O) groups is 2. The maximum atomic E-state index is 12.0. The Bertz CT molecular complexity index is 342. The Balaban J connectivity index is 2.52. The Kier molecular flexibility index (Phi) is 5.19. The zero-order chi connectivity index (χ0) is 13.7. The molecule has 18 heavy (non-hydrogen) atoms. The fourth-order valence-corrected chi connectivity index (χ4v) is 2.03. The number of allylic oxidation sites excluding steroid dienone is 1. The molecule has 0 aromatic rings. The van der Waals surface area contributed by atoms with Crippen molar-refractivity contribution in [2.75, 3.05) is 40.3 Å². The molecule has 0 aliphatic carbocycles. The third-order valence-electron chi connectivity index (χ3n) is 3.07. The van der Waals surface area contributed by atoms with Crippen LogP contribution in [0, 0.1) is 0 Å². The van der Waals surface area contributed by atoms with E-state index in [0.717, 1.165) is 12.0 Å². The van der Waals surface area contributed by atoms with Gasteiger partial charge in [0, 0.05) is 45.8 Å². The Hall–Kier alpha value is -1.52. The second-order valence-electron chi connectivity index (χ2n) is 4.75. The number of hydrogen-bond acceptors (Lipinski definition) is 2. The van der Waals surface area contributed by atoms with E-state index in [9.17, 15) is 9.59 Å². The van der Waals surface area contributed by atoms with Crippen molar-refractivity contribution in [2.24, 2.45) is 0 Å². The molecular formula is C13H23N3O2. The lowest BCUT2D eigenvalue weighted by Crippen LogP contribution is -2.53. The first-order chi connectivity index (χ1) is 8.47.